The zero-order valence-corrected chi connectivity index (χ0v) is 11.1. The van der Waals surface area contributed by atoms with Crippen molar-refractivity contribution < 1.29 is 22.7 Å². The highest BCUT2D eigenvalue weighted by Gasteiger charge is 2.14. The summed E-state index contributed by atoms with van der Waals surface area (Å²) in [4.78, 5) is 22.2. The smallest absolute Gasteiger partial charge is 0.396 e. The van der Waals surface area contributed by atoms with E-state index in [1.807, 2.05) is 0 Å². The number of ether oxygens (including phenoxy) is 1. The molecule has 7 nitrogen and oxygen atoms in total. The van der Waals surface area contributed by atoms with Gasteiger partial charge < -0.3 is 10.1 Å². The number of benzene rings is 1. The van der Waals surface area contributed by atoms with Crippen molar-refractivity contribution in [2.45, 2.75) is 18.4 Å². The number of nitrogens with one attached hydrogen (secondary N) is 1. The van der Waals surface area contributed by atoms with Crippen LogP contribution in [0.25, 0.3) is 0 Å². The molecule has 104 valence electrons. The fraction of sp³-hybridized carbons (Fsp3) is 0.273. The van der Waals surface area contributed by atoms with Gasteiger partial charge in [0, 0.05) is 6.54 Å². The van der Waals surface area contributed by atoms with Crippen LogP contribution in [0.15, 0.2) is 29.2 Å². The molecule has 19 heavy (non-hydrogen) atoms. The molecule has 0 saturated heterocycles. The van der Waals surface area contributed by atoms with E-state index in [-0.39, 0.29) is 18.0 Å². The minimum Gasteiger partial charge on any atom is -0.459 e. The van der Waals surface area contributed by atoms with Crippen molar-refractivity contribution >= 4 is 21.9 Å². The fourth-order valence-corrected chi connectivity index (χ4v) is 1.76. The van der Waals surface area contributed by atoms with Crippen molar-refractivity contribution in [3.8, 4) is 0 Å². The SMILES string of the molecule is CCOC(=O)C(=O)NCc1ccc(S(N)(=O)=O)cc1. The van der Waals surface area contributed by atoms with E-state index in [2.05, 4.69) is 10.1 Å². The van der Waals surface area contributed by atoms with E-state index in [1.165, 1.54) is 24.3 Å². The van der Waals surface area contributed by atoms with Crippen LogP contribution >= 0.6 is 0 Å². The van der Waals surface area contributed by atoms with Gasteiger partial charge in [-0.3, -0.25) is 4.79 Å². The van der Waals surface area contributed by atoms with Crippen molar-refractivity contribution in [1.82, 2.24) is 5.32 Å². The van der Waals surface area contributed by atoms with Crippen LogP contribution < -0.4 is 10.5 Å². The third kappa shape index (κ3) is 4.68. The van der Waals surface area contributed by atoms with E-state index in [0.29, 0.717) is 5.56 Å². The summed E-state index contributed by atoms with van der Waals surface area (Å²) in [7, 11) is -3.73. The standard InChI is InChI=1S/C11H14N2O5S/c1-2-18-11(15)10(14)13-7-8-3-5-9(6-4-8)19(12,16)17/h3-6H,2,7H2,1H3,(H,13,14)(H2,12,16,17). The van der Waals surface area contributed by atoms with E-state index < -0.39 is 21.9 Å². The van der Waals surface area contributed by atoms with Gasteiger partial charge >= 0.3 is 11.9 Å². The van der Waals surface area contributed by atoms with Crippen LogP contribution in [-0.4, -0.2) is 26.9 Å². The van der Waals surface area contributed by atoms with Gasteiger partial charge in [-0.1, -0.05) is 12.1 Å². The molecular weight excluding hydrogens is 272 g/mol. The largest absolute Gasteiger partial charge is 0.459 e. The molecule has 0 aliphatic rings. The summed E-state index contributed by atoms with van der Waals surface area (Å²) >= 11 is 0. The number of hydrogen-bond acceptors (Lipinski definition) is 5. The number of esters is 1. The second-order valence-corrected chi connectivity index (χ2v) is 5.15. The number of carbonyl (C=O) groups is 2. The molecule has 0 aromatic heterocycles. The average Bonchev–Trinajstić information content (AvgIpc) is 2.35. The monoisotopic (exact) mass is 286 g/mol. The second-order valence-electron chi connectivity index (χ2n) is 3.59. The van der Waals surface area contributed by atoms with Crippen LogP contribution in [-0.2, 0) is 30.9 Å². The summed E-state index contributed by atoms with van der Waals surface area (Å²) in [5, 5.41) is 7.29. The first kappa shape index (κ1) is 15.1. The molecule has 0 saturated carbocycles. The number of amides is 1. The maximum absolute atomic E-state index is 11.2. The lowest BCUT2D eigenvalue weighted by Gasteiger charge is -2.05. The highest BCUT2D eigenvalue weighted by atomic mass is 32.2. The van der Waals surface area contributed by atoms with Crippen molar-refractivity contribution in [2.75, 3.05) is 6.61 Å². The van der Waals surface area contributed by atoms with Gasteiger partial charge in [0.1, 0.15) is 0 Å². The van der Waals surface area contributed by atoms with Crippen LogP contribution in [0.4, 0.5) is 0 Å². The summed E-state index contributed by atoms with van der Waals surface area (Å²) in [5.41, 5.74) is 0.630. The van der Waals surface area contributed by atoms with Gasteiger partial charge in [0.15, 0.2) is 0 Å². The molecule has 1 amide bonds. The second kappa shape index (κ2) is 6.30. The number of primary sulfonamides is 1. The van der Waals surface area contributed by atoms with Crippen LogP contribution in [0.1, 0.15) is 12.5 Å². The molecule has 0 atom stereocenters. The molecule has 0 spiro atoms. The van der Waals surface area contributed by atoms with E-state index in [9.17, 15) is 18.0 Å². The molecule has 0 radical (unpaired) electrons. The van der Waals surface area contributed by atoms with Gasteiger partial charge in [0.25, 0.3) is 0 Å². The minimum atomic E-state index is -3.73. The maximum atomic E-state index is 11.2. The van der Waals surface area contributed by atoms with Gasteiger partial charge in [0.2, 0.25) is 10.0 Å². The van der Waals surface area contributed by atoms with E-state index in [0.717, 1.165) is 0 Å². The van der Waals surface area contributed by atoms with Gasteiger partial charge in [-0.05, 0) is 24.6 Å². The quantitative estimate of drug-likeness (QED) is 0.572. The first-order valence-corrected chi connectivity index (χ1v) is 6.96. The Morgan fingerprint density at radius 3 is 2.32 bits per heavy atom. The van der Waals surface area contributed by atoms with E-state index in [4.69, 9.17) is 5.14 Å². The van der Waals surface area contributed by atoms with Crippen molar-refractivity contribution in [2.24, 2.45) is 5.14 Å². The fourth-order valence-electron chi connectivity index (χ4n) is 1.25. The molecule has 0 bridgehead atoms. The molecule has 1 rings (SSSR count). The number of carbonyl (C=O) groups excluding carboxylic acids is 2. The van der Waals surface area contributed by atoms with E-state index >= 15 is 0 Å². The lowest BCUT2D eigenvalue weighted by Crippen LogP contribution is -2.32. The maximum Gasteiger partial charge on any atom is 0.396 e. The molecule has 0 unspecified atom stereocenters. The minimum absolute atomic E-state index is 0.0204. The van der Waals surface area contributed by atoms with E-state index in [1.54, 1.807) is 6.92 Å². The first-order chi connectivity index (χ1) is 8.84. The van der Waals surface area contributed by atoms with Crippen molar-refractivity contribution in [1.29, 1.82) is 0 Å². The Kier molecular flexibility index (Phi) is 5.02. The molecule has 0 fully saturated rings. The molecule has 0 aliphatic carbocycles. The highest BCUT2D eigenvalue weighted by Crippen LogP contribution is 2.08. The average molecular weight is 286 g/mol. The molecule has 8 heteroatoms. The van der Waals surface area contributed by atoms with Crippen molar-refractivity contribution in [3.05, 3.63) is 29.8 Å². The van der Waals surface area contributed by atoms with Crippen LogP contribution in [0.5, 0.6) is 0 Å². The summed E-state index contributed by atoms with van der Waals surface area (Å²) in [6.07, 6.45) is 0. The van der Waals surface area contributed by atoms with Crippen LogP contribution in [0, 0.1) is 0 Å². The zero-order chi connectivity index (χ0) is 14.5. The molecule has 0 aliphatic heterocycles. The lowest BCUT2D eigenvalue weighted by atomic mass is 10.2. The molecular formula is C11H14N2O5S. The Balaban J connectivity index is 2.60. The van der Waals surface area contributed by atoms with Gasteiger partial charge in [-0.25, -0.2) is 18.4 Å². The zero-order valence-electron chi connectivity index (χ0n) is 10.3. The predicted molar refractivity (Wildman–Crippen MR) is 66.3 cm³/mol. The Hall–Kier alpha value is -1.93. The molecule has 3 N–H and O–H groups in total. The summed E-state index contributed by atoms with van der Waals surface area (Å²) < 4.78 is 26.5. The van der Waals surface area contributed by atoms with Crippen molar-refractivity contribution in [3.63, 3.8) is 0 Å². The Bertz CT molecular complexity index is 565. The van der Waals surface area contributed by atoms with Crippen LogP contribution in [0.3, 0.4) is 0 Å². The van der Waals surface area contributed by atoms with Gasteiger partial charge in [0.05, 0.1) is 11.5 Å². The van der Waals surface area contributed by atoms with Crippen LogP contribution in [0.2, 0.25) is 0 Å². The van der Waals surface area contributed by atoms with Gasteiger partial charge in [-0.2, -0.15) is 0 Å². The molecule has 0 heterocycles. The highest BCUT2D eigenvalue weighted by molar-refractivity contribution is 7.89. The topological polar surface area (TPSA) is 116 Å². The summed E-state index contributed by atoms with van der Waals surface area (Å²) in [6.45, 7) is 1.80. The Morgan fingerprint density at radius 1 is 1.26 bits per heavy atom. The third-order valence-corrected chi connectivity index (χ3v) is 3.10. The Morgan fingerprint density at radius 2 is 1.84 bits per heavy atom. The number of rotatable bonds is 4. The number of nitrogens with two attached hydrogens (primary N) is 1. The molecule has 1 aromatic carbocycles. The third-order valence-electron chi connectivity index (χ3n) is 2.17. The summed E-state index contributed by atoms with van der Waals surface area (Å²) in [5.74, 6) is -1.80. The predicted octanol–water partition coefficient (Wildman–Crippen LogP) is -0.487. The number of hydrogen-bond donors (Lipinski definition) is 2. The first-order valence-electron chi connectivity index (χ1n) is 5.41. The normalized spacial score (nSPS) is 10.8. The number of sulfonamides is 1. The molecule has 1 aromatic rings. The lowest BCUT2D eigenvalue weighted by molar-refractivity contribution is -0.154. The summed E-state index contributed by atoms with van der Waals surface area (Å²) in [6, 6.07) is 5.62. The Labute approximate surface area is 110 Å². The van der Waals surface area contributed by atoms with Gasteiger partial charge in [-0.15, -0.1) is 0 Å².